The van der Waals surface area contributed by atoms with Crippen LogP contribution in [0.2, 0.25) is 0 Å². The van der Waals surface area contributed by atoms with E-state index in [9.17, 15) is 18.4 Å². The van der Waals surface area contributed by atoms with E-state index >= 15 is 0 Å². The zero-order valence-corrected chi connectivity index (χ0v) is 9.99. The minimum absolute atomic E-state index is 0.0118. The lowest BCUT2D eigenvalue weighted by molar-refractivity contribution is -0.144. The molecule has 18 heavy (non-hydrogen) atoms. The summed E-state index contributed by atoms with van der Waals surface area (Å²) in [5.41, 5.74) is 0.121. The van der Waals surface area contributed by atoms with Crippen molar-refractivity contribution in [1.82, 2.24) is 0 Å². The van der Waals surface area contributed by atoms with Crippen LogP contribution in [0.5, 0.6) is 0 Å². The molecule has 0 aromatic heterocycles. The summed E-state index contributed by atoms with van der Waals surface area (Å²) in [4.78, 5) is 21.9. The third-order valence-corrected chi connectivity index (χ3v) is 3.32. The van der Waals surface area contributed by atoms with E-state index in [1.807, 2.05) is 0 Å². The Hall–Kier alpha value is -1.52. The monoisotopic (exact) mass is 256 g/mol. The molecule has 1 fully saturated rings. The first-order chi connectivity index (χ1) is 8.58. The maximum atomic E-state index is 13.5. The van der Waals surface area contributed by atoms with Gasteiger partial charge in [-0.2, -0.15) is 0 Å². The SMILES string of the molecule is CCOC(=O)C1CC1C1=CC(F)=C(C=O)C(F)C1. The molecule has 0 radical (unpaired) electrons. The highest BCUT2D eigenvalue weighted by atomic mass is 19.1. The third kappa shape index (κ3) is 2.35. The smallest absolute Gasteiger partial charge is 0.309 e. The fourth-order valence-corrected chi connectivity index (χ4v) is 2.27. The molecule has 5 heteroatoms. The molecule has 0 bridgehead atoms. The van der Waals surface area contributed by atoms with Gasteiger partial charge in [0.25, 0.3) is 0 Å². The number of hydrogen-bond donors (Lipinski definition) is 0. The van der Waals surface area contributed by atoms with E-state index < -0.39 is 17.6 Å². The molecule has 0 aromatic rings. The fraction of sp³-hybridized carbons (Fsp3) is 0.538. The number of aldehydes is 1. The van der Waals surface area contributed by atoms with Gasteiger partial charge < -0.3 is 4.74 Å². The van der Waals surface area contributed by atoms with Gasteiger partial charge in [-0.3, -0.25) is 9.59 Å². The Kier molecular flexibility index (Phi) is 3.59. The van der Waals surface area contributed by atoms with Crippen LogP contribution in [0.1, 0.15) is 19.8 Å². The van der Waals surface area contributed by atoms with Crippen LogP contribution in [0.15, 0.2) is 23.0 Å². The highest BCUT2D eigenvalue weighted by Gasteiger charge is 2.47. The van der Waals surface area contributed by atoms with Gasteiger partial charge in [-0.25, -0.2) is 8.78 Å². The number of carbonyl (C=O) groups excluding carboxylic acids is 2. The molecule has 98 valence electrons. The van der Waals surface area contributed by atoms with Gasteiger partial charge in [0.2, 0.25) is 0 Å². The molecule has 3 unspecified atom stereocenters. The van der Waals surface area contributed by atoms with Crippen LogP contribution in [-0.4, -0.2) is 25.0 Å². The molecule has 0 spiro atoms. The van der Waals surface area contributed by atoms with Crippen LogP contribution in [0, 0.1) is 11.8 Å². The van der Waals surface area contributed by atoms with E-state index in [2.05, 4.69) is 0 Å². The summed E-state index contributed by atoms with van der Waals surface area (Å²) in [6, 6.07) is 0. The molecule has 3 atom stereocenters. The second-order valence-corrected chi connectivity index (χ2v) is 4.51. The highest BCUT2D eigenvalue weighted by Crippen LogP contribution is 2.48. The summed E-state index contributed by atoms with van der Waals surface area (Å²) < 4.78 is 31.8. The van der Waals surface area contributed by atoms with Crippen molar-refractivity contribution in [2.75, 3.05) is 6.61 Å². The number of halogens is 2. The minimum atomic E-state index is -1.61. The number of rotatable bonds is 4. The molecular weight excluding hydrogens is 242 g/mol. The van der Waals surface area contributed by atoms with Crippen LogP contribution < -0.4 is 0 Å². The molecular formula is C13H14F2O3. The summed E-state index contributed by atoms with van der Waals surface area (Å²) in [6.07, 6.45) is 0.349. The summed E-state index contributed by atoms with van der Waals surface area (Å²) in [5.74, 6) is -1.56. The van der Waals surface area contributed by atoms with Crippen LogP contribution in [0.25, 0.3) is 0 Å². The lowest BCUT2D eigenvalue weighted by atomic mass is 9.93. The number of carbonyl (C=O) groups is 2. The molecule has 2 aliphatic carbocycles. The molecule has 0 aliphatic heterocycles. The van der Waals surface area contributed by atoms with E-state index in [1.54, 1.807) is 6.92 Å². The van der Waals surface area contributed by atoms with Gasteiger partial charge in [0.1, 0.15) is 12.0 Å². The summed E-state index contributed by atoms with van der Waals surface area (Å²) in [7, 11) is 0. The molecule has 3 nitrogen and oxygen atoms in total. The van der Waals surface area contributed by atoms with Gasteiger partial charge in [-0.15, -0.1) is 0 Å². The Morgan fingerprint density at radius 1 is 1.61 bits per heavy atom. The Balaban J connectivity index is 2.07. The van der Waals surface area contributed by atoms with Gasteiger partial charge >= 0.3 is 5.97 Å². The van der Waals surface area contributed by atoms with Gasteiger partial charge in [0.15, 0.2) is 6.29 Å². The highest BCUT2D eigenvalue weighted by molar-refractivity contribution is 5.79. The Bertz CT molecular complexity index is 440. The second-order valence-electron chi connectivity index (χ2n) is 4.51. The lowest BCUT2D eigenvalue weighted by Crippen LogP contribution is -2.15. The van der Waals surface area contributed by atoms with E-state index in [-0.39, 0.29) is 30.5 Å². The molecule has 1 saturated carbocycles. The average Bonchev–Trinajstić information content (AvgIpc) is 3.08. The number of ether oxygens (including phenoxy) is 1. The van der Waals surface area contributed by atoms with Gasteiger partial charge in [0.05, 0.1) is 18.1 Å². The van der Waals surface area contributed by atoms with Crippen LogP contribution in [0.3, 0.4) is 0 Å². The molecule has 2 aliphatic rings. The van der Waals surface area contributed by atoms with Crippen LogP contribution in [-0.2, 0) is 14.3 Å². The maximum Gasteiger partial charge on any atom is 0.309 e. The Morgan fingerprint density at radius 3 is 2.89 bits per heavy atom. The van der Waals surface area contributed by atoms with Crippen molar-refractivity contribution in [3.8, 4) is 0 Å². The van der Waals surface area contributed by atoms with Crippen molar-refractivity contribution in [1.29, 1.82) is 0 Å². The molecule has 0 amide bonds. The minimum Gasteiger partial charge on any atom is -0.466 e. The first kappa shape index (κ1) is 12.9. The van der Waals surface area contributed by atoms with Gasteiger partial charge in [-0.1, -0.05) is 5.57 Å². The number of alkyl halides is 1. The van der Waals surface area contributed by atoms with Gasteiger partial charge in [0, 0.05) is 6.42 Å². The zero-order chi connectivity index (χ0) is 13.3. The van der Waals surface area contributed by atoms with Crippen molar-refractivity contribution >= 4 is 12.3 Å². The zero-order valence-electron chi connectivity index (χ0n) is 9.99. The van der Waals surface area contributed by atoms with E-state index in [0.717, 1.165) is 0 Å². The summed E-state index contributed by atoms with van der Waals surface area (Å²) >= 11 is 0. The molecule has 0 aromatic carbocycles. The predicted molar refractivity (Wildman–Crippen MR) is 60.0 cm³/mol. The third-order valence-electron chi connectivity index (χ3n) is 3.32. The number of allylic oxidation sites excluding steroid dienone is 4. The topological polar surface area (TPSA) is 43.4 Å². The Morgan fingerprint density at radius 2 is 2.33 bits per heavy atom. The molecule has 0 saturated heterocycles. The Labute approximate surface area is 103 Å². The van der Waals surface area contributed by atoms with E-state index in [0.29, 0.717) is 18.6 Å². The van der Waals surface area contributed by atoms with Crippen molar-refractivity contribution in [3.63, 3.8) is 0 Å². The quantitative estimate of drug-likeness (QED) is 0.572. The first-order valence-corrected chi connectivity index (χ1v) is 5.94. The number of esters is 1. The van der Waals surface area contributed by atoms with Gasteiger partial charge in [-0.05, 0) is 25.3 Å². The normalized spacial score (nSPS) is 30.8. The standard InChI is InChI=1S/C13H14F2O3/c1-2-18-13(17)9-5-8(9)7-3-11(14)10(6-16)12(15)4-7/h3,6,8-9,12H,2,4-5H2,1H3. The molecule has 0 N–H and O–H groups in total. The van der Waals surface area contributed by atoms with Crippen molar-refractivity contribution < 1.29 is 23.1 Å². The largest absolute Gasteiger partial charge is 0.466 e. The van der Waals surface area contributed by atoms with Crippen LogP contribution in [0.4, 0.5) is 8.78 Å². The van der Waals surface area contributed by atoms with E-state index in [4.69, 9.17) is 4.74 Å². The summed E-state index contributed by atoms with van der Waals surface area (Å²) in [6.45, 7) is 2.02. The molecule has 2 rings (SSSR count). The first-order valence-electron chi connectivity index (χ1n) is 5.94. The molecule has 0 heterocycles. The fourth-order valence-electron chi connectivity index (χ4n) is 2.27. The van der Waals surface area contributed by atoms with Crippen molar-refractivity contribution in [2.45, 2.75) is 25.9 Å². The average molecular weight is 256 g/mol. The van der Waals surface area contributed by atoms with E-state index in [1.165, 1.54) is 6.08 Å². The second kappa shape index (κ2) is 5.00. The summed E-state index contributed by atoms with van der Waals surface area (Å²) in [5, 5.41) is 0. The van der Waals surface area contributed by atoms with Crippen molar-refractivity contribution in [3.05, 3.63) is 23.0 Å². The lowest BCUT2D eigenvalue weighted by Gasteiger charge is -2.16. The van der Waals surface area contributed by atoms with Crippen molar-refractivity contribution in [2.24, 2.45) is 11.8 Å². The predicted octanol–water partition coefficient (Wildman–Crippen LogP) is 2.28. The van der Waals surface area contributed by atoms with Crippen LogP contribution >= 0.6 is 0 Å². The maximum absolute atomic E-state index is 13.5. The number of hydrogen-bond acceptors (Lipinski definition) is 3.